The SMILES string of the molecule is N#CCCN(Cc1ccccc1)C(=O)[C@@H]1C[C@@H](SC(c2ccccc2)(c2ccccc2)c2ccccc2)CN1S(=O)(=O)c1ccc2ccccc2c1. The number of amides is 1. The van der Waals surface area contributed by atoms with Gasteiger partial charge < -0.3 is 4.90 Å². The molecular formula is C44H39N3O3S2. The number of nitriles is 1. The van der Waals surface area contributed by atoms with Crippen LogP contribution in [0.3, 0.4) is 0 Å². The third kappa shape index (κ3) is 7.13. The van der Waals surface area contributed by atoms with Gasteiger partial charge in [0.1, 0.15) is 6.04 Å². The highest BCUT2D eigenvalue weighted by atomic mass is 32.2. The van der Waals surface area contributed by atoms with E-state index in [-0.39, 0.29) is 42.1 Å². The van der Waals surface area contributed by atoms with Crippen LogP contribution in [0.25, 0.3) is 10.8 Å². The van der Waals surface area contributed by atoms with Crippen molar-refractivity contribution in [3.05, 3.63) is 186 Å². The molecule has 1 aliphatic heterocycles. The molecule has 0 N–H and O–H groups in total. The molecule has 0 spiro atoms. The molecular weight excluding hydrogens is 683 g/mol. The van der Waals surface area contributed by atoms with Crippen molar-refractivity contribution < 1.29 is 13.2 Å². The van der Waals surface area contributed by atoms with Crippen molar-refractivity contribution in [1.29, 1.82) is 5.26 Å². The predicted octanol–water partition coefficient (Wildman–Crippen LogP) is 8.64. The lowest BCUT2D eigenvalue weighted by Gasteiger charge is -2.37. The zero-order chi connectivity index (χ0) is 36.0. The molecule has 0 radical (unpaired) electrons. The van der Waals surface area contributed by atoms with Gasteiger partial charge in [0, 0.05) is 24.9 Å². The number of benzene rings is 6. The van der Waals surface area contributed by atoms with Crippen LogP contribution in [0.1, 0.15) is 35.1 Å². The van der Waals surface area contributed by atoms with Gasteiger partial charge in [0.25, 0.3) is 0 Å². The average molecular weight is 722 g/mol. The second-order valence-electron chi connectivity index (χ2n) is 13.0. The maximum atomic E-state index is 14.8. The molecule has 0 aromatic heterocycles. The third-order valence-corrected chi connectivity index (χ3v) is 13.3. The second-order valence-corrected chi connectivity index (χ2v) is 16.4. The molecule has 260 valence electrons. The number of hydrogen-bond acceptors (Lipinski definition) is 5. The molecule has 1 heterocycles. The predicted molar refractivity (Wildman–Crippen MR) is 209 cm³/mol. The van der Waals surface area contributed by atoms with Crippen LogP contribution in [0, 0.1) is 11.3 Å². The molecule has 1 aliphatic rings. The van der Waals surface area contributed by atoms with Crippen LogP contribution in [0.2, 0.25) is 0 Å². The largest absolute Gasteiger partial charge is 0.336 e. The Balaban J connectivity index is 1.33. The summed E-state index contributed by atoms with van der Waals surface area (Å²) >= 11 is 1.70. The summed E-state index contributed by atoms with van der Waals surface area (Å²) in [5, 5.41) is 11.0. The first-order valence-electron chi connectivity index (χ1n) is 17.4. The molecule has 2 atom stereocenters. The molecule has 1 saturated heterocycles. The lowest BCUT2D eigenvalue weighted by molar-refractivity contribution is -0.135. The van der Waals surface area contributed by atoms with Crippen molar-refractivity contribution in [2.45, 2.75) is 40.3 Å². The van der Waals surface area contributed by atoms with E-state index in [0.717, 1.165) is 33.0 Å². The Morgan fingerprint density at radius 1 is 0.731 bits per heavy atom. The molecule has 6 aromatic rings. The first-order chi connectivity index (χ1) is 25.4. The Hall–Kier alpha value is -5.20. The maximum Gasteiger partial charge on any atom is 0.243 e. The summed E-state index contributed by atoms with van der Waals surface area (Å²) in [4.78, 5) is 16.6. The van der Waals surface area contributed by atoms with E-state index in [0.29, 0.717) is 6.42 Å². The second kappa shape index (κ2) is 15.6. The van der Waals surface area contributed by atoms with Crippen molar-refractivity contribution in [3.8, 4) is 6.07 Å². The van der Waals surface area contributed by atoms with Gasteiger partial charge in [-0.25, -0.2) is 8.42 Å². The van der Waals surface area contributed by atoms with Crippen molar-refractivity contribution in [2.75, 3.05) is 13.1 Å². The van der Waals surface area contributed by atoms with E-state index in [1.165, 1.54) is 4.31 Å². The molecule has 0 unspecified atom stereocenters. The van der Waals surface area contributed by atoms with Crippen LogP contribution in [0.5, 0.6) is 0 Å². The lowest BCUT2D eigenvalue weighted by Crippen LogP contribution is -2.47. The van der Waals surface area contributed by atoms with Crippen molar-refractivity contribution in [2.24, 2.45) is 0 Å². The summed E-state index contributed by atoms with van der Waals surface area (Å²) in [6.07, 6.45) is 0.447. The Morgan fingerprint density at radius 2 is 1.25 bits per heavy atom. The minimum atomic E-state index is -4.13. The molecule has 0 bridgehead atoms. The molecule has 8 heteroatoms. The van der Waals surface area contributed by atoms with E-state index in [9.17, 15) is 18.5 Å². The van der Waals surface area contributed by atoms with E-state index in [1.54, 1.807) is 28.8 Å². The fourth-order valence-corrected chi connectivity index (χ4v) is 10.8. The molecule has 1 amide bonds. The minimum absolute atomic E-state index is 0.139. The fraction of sp³-hybridized carbons (Fsp3) is 0.182. The molecule has 1 fully saturated rings. The number of nitrogens with zero attached hydrogens (tertiary/aromatic N) is 3. The number of carbonyl (C=O) groups is 1. The highest BCUT2D eigenvalue weighted by molar-refractivity contribution is 8.01. The summed E-state index contributed by atoms with van der Waals surface area (Å²) in [7, 11) is -4.13. The van der Waals surface area contributed by atoms with Gasteiger partial charge >= 0.3 is 0 Å². The monoisotopic (exact) mass is 721 g/mol. The topological polar surface area (TPSA) is 81.5 Å². The number of carbonyl (C=O) groups excluding carboxylic acids is 1. The summed E-state index contributed by atoms with van der Waals surface area (Å²) < 4.78 is 30.3. The lowest BCUT2D eigenvalue weighted by atomic mass is 9.84. The molecule has 6 nitrogen and oxygen atoms in total. The molecule has 0 aliphatic carbocycles. The van der Waals surface area contributed by atoms with Crippen LogP contribution in [-0.4, -0.2) is 47.9 Å². The number of fused-ring (bicyclic) bond motifs is 1. The van der Waals surface area contributed by atoms with Gasteiger partial charge in [0.15, 0.2) is 0 Å². The van der Waals surface area contributed by atoms with Gasteiger partial charge in [-0.1, -0.05) is 152 Å². The number of thioether (sulfide) groups is 1. The van der Waals surface area contributed by atoms with E-state index in [1.807, 2.05) is 115 Å². The van der Waals surface area contributed by atoms with Gasteiger partial charge in [-0.3, -0.25) is 4.79 Å². The first-order valence-corrected chi connectivity index (χ1v) is 19.8. The number of sulfonamides is 1. The van der Waals surface area contributed by atoms with Crippen LogP contribution < -0.4 is 0 Å². The zero-order valence-electron chi connectivity index (χ0n) is 28.7. The normalized spacial score (nSPS) is 16.4. The maximum absolute atomic E-state index is 14.8. The minimum Gasteiger partial charge on any atom is -0.336 e. The fourth-order valence-electron chi connectivity index (χ4n) is 7.25. The highest BCUT2D eigenvalue weighted by Crippen LogP contribution is 2.52. The Morgan fingerprint density at radius 3 is 1.81 bits per heavy atom. The Bertz CT molecular complexity index is 2180. The number of hydrogen-bond donors (Lipinski definition) is 0. The molecule has 0 saturated carbocycles. The van der Waals surface area contributed by atoms with E-state index >= 15 is 0 Å². The molecule has 7 rings (SSSR count). The molecule has 52 heavy (non-hydrogen) atoms. The third-order valence-electron chi connectivity index (χ3n) is 9.74. The van der Waals surface area contributed by atoms with Crippen molar-refractivity contribution in [3.63, 3.8) is 0 Å². The number of rotatable bonds is 12. The standard InChI is InChI=1S/C44H39N3O3S2/c45-28-15-29-46(32-34-16-5-1-6-17-34)43(48)42-31-40(33-47(42)52(49,50)41-27-26-35-18-13-14-19-36(35)30-41)51-44(37-20-7-2-8-21-37,38-22-9-3-10-23-38)39-24-11-4-12-25-39/h1-14,16-27,30,40,42H,15,29,31-33H2/t40-,42+/m1/s1. The van der Waals surface area contributed by atoms with Crippen LogP contribution in [0.4, 0.5) is 0 Å². The van der Waals surface area contributed by atoms with Gasteiger partial charge in [-0.05, 0) is 51.6 Å². The van der Waals surface area contributed by atoms with Crippen LogP contribution >= 0.6 is 11.8 Å². The average Bonchev–Trinajstić information content (AvgIpc) is 3.64. The quantitative estimate of drug-likeness (QED) is 0.118. The Kier molecular flexibility index (Phi) is 10.6. The van der Waals surface area contributed by atoms with Gasteiger partial charge in [-0.2, -0.15) is 9.57 Å². The first kappa shape index (κ1) is 35.2. The summed E-state index contributed by atoms with van der Waals surface area (Å²) in [6.45, 7) is 0.619. The van der Waals surface area contributed by atoms with Gasteiger partial charge in [-0.15, -0.1) is 11.8 Å². The highest BCUT2D eigenvalue weighted by Gasteiger charge is 2.49. The molecule has 6 aromatic carbocycles. The van der Waals surface area contributed by atoms with Gasteiger partial charge in [0.2, 0.25) is 15.9 Å². The van der Waals surface area contributed by atoms with Crippen molar-refractivity contribution in [1.82, 2.24) is 9.21 Å². The van der Waals surface area contributed by atoms with E-state index in [4.69, 9.17) is 0 Å². The summed E-state index contributed by atoms with van der Waals surface area (Å²) in [5.74, 6) is -0.295. The van der Waals surface area contributed by atoms with Crippen LogP contribution in [0.15, 0.2) is 169 Å². The smallest absolute Gasteiger partial charge is 0.243 e. The van der Waals surface area contributed by atoms with Gasteiger partial charge in [0.05, 0.1) is 22.1 Å². The zero-order valence-corrected chi connectivity index (χ0v) is 30.3. The van der Waals surface area contributed by atoms with Crippen molar-refractivity contribution >= 4 is 38.5 Å². The summed E-state index contributed by atoms with van der Waals surface area (Å²) in [6, 6.07) is 54.6. The Labute approximate surface area is 310 Å². The van der Waals surface area contributed by atoms with Crippen LogP contribution in [-0.2, 0) is 26.1 Å². The summed E-state index contributed by atoms with van der Waals surface area (Å²) in [5.41, 5.74) is 4.11. The van der Waals surface area contributed by atoms with E-state index in [2.05, 4.69) is 42.5 Å². The van der Waals surface area contributed by atoms with E-state index < -0.39 is 20.8 Å².